The Morgan fingerprint density at radius 1 is 1.32 bits per heavy atom. The molecule has 3 rings (SSSR count). The number of carbonyl (C=O) groups is 1. The molecule has 0 bridgehead atoms. The lowest BCUT2D eigenvalue weighted by atomic mass is 9.75. The van der Waals surface area contributed by atoms with Crippen molar-refractivity contribution in [1.82, 2.24) is 0 Å². The third-order valence-electron chi connectivity index (χ3n) is 5.25. The van der Waals surface area contributed by atoms with Crippen LogP contribution < -0.4 is 5.90 Å². The monoisotopic (exact) mass is 323 g/mol. The molecule has 5 heteroatoms. The van der Waals surface area contributed by atoms with Crippen molar-refractivity contribution in [1.29, 1.82) is 0 Å². The molecule has 1 aromatic rings. The SMILES string of the molecule is CC1(C)CCc2sc(C3CCC(ON)CC3)c(C(=O)O)c2C1. The molecule has 4 nitrogen and oxygen atoms in total. The first-order chi connectivity index (χ1) is 10.4. The third-order valence-corrected chi connectivity index (χ3v) is 6.71. The Balaban J connectivity index is 1.92. The number of thiophene rings is 1. The molecule has 1 saturated carbocycles. The zero-order valence-corrected chi connectivity index (χ0v) is 14.2. The number of fused-ring (bicyclic) bond motifs is 1. The first-order valence-corrected chi connectivity index (χ1v) is 8.96. The summed E-state index contributed by atoms with van der Waals surface area (Å²) in [6.45, 7) is 4.48. The van der Waals surface area contributed by atoms with Gasteiger partial charge in [-0.15, -0.1) is 11.3 Å². The van der Waals surface area contributed by atoms with Gasteiger partial charge >= 0.3 is 5.97 Å². The lowest BCUT2D eigenvalue weighted by Gasteiger charge is -2.29. The number of hydrogen-bond donors (Lipinski definition) is 2. The Bertz CT molecular complexity index is 571. The first-order valence-electron chi connectivity index (χ1n) is 8.14. The number of rotatable bonds is 3. The molecule has 1 heterocycles. The van der Waals surface area contributed by atoms with E-state index in [-0.39, 0.29) is 11.5 Å². The van der Waals surface area contributed by atoms with Crippen LogP contribution in [0, 0.1) is 5.41 Å². The van der Waals surface area contributed by atoms with Gasteiger partial charge in [0, 0.05) is 9.75 Å². The lowest BCUT2D eigenvalue weighted by Crippen LogP contribution is -2.24. The van der Waals surface area contributed by atoms with E-state index in [0.29, 0.717) is 11.5 Å². The van der Waals surface area contributed by atoms with Gasteiger partial charge in [0.25, 0.3) is 0 Å². The van der Waals surface area contributed by atoms with E-state index in [1.54, 1.807) is 11.3 Å². The van der Waals surface area contributed by atoms with Crippen LogP contribution in [0.3, 0.4) is 0 Å². The summed E-state index contributed by atoms with van der Waals surface area (Å²) in [7, 11) is 0. The molecule has 2 aliphatic carbocycles. The molecule has 0 aliphatic heterocycles. The smallest absolute Gasteiger partial charge is 0.337 e. The summed E-state index contributed by atoms with van der Waals surface area (Å²) < 4.78 is 0. The normalized spacial score (nSPS) is 27.4. The Kier molecular flexibility index (Phi) is 4.32. The molecule has 22 heavy (non-hydrogen) atoms. The number of aromatic carboxylic acids is 1. The average molecular weight is 323 g/mol. The number of carboxylic acids is 1. The van der Waals surface area contributed by atoms with E-state index >= 15 is 0 Å². The Morgan fingerprint density at radius 3 is 2.59 bits per heavy atom. The highest BCUT2D eigenvalue weighted by Crippen LogP contribution is 2.46. The van der Waals surface area contributed by atoms with Gasteiger partial charge in [0.05, 0.1) is 11.7 Å². The molecular weight excluding hydrogens is 298 g/mol. The van der Waals surface area contributed by atoms with Gasteiger partial charge in [-0.05, 0) is 61.8 Å². The fraction of sp³-hybridized carbons (Fsp3) is 0.706. The number of carboxylic acid groups (broad SMARTS) is 1. The third kappa shape index (κ3) is 2.94. The summed E-state index contributed by atoms with van der Waals surface area (Å²) in [5.74, 6) is 4.89. The predicted molar refractivity (Wildman–Crippen MR) is 87.4 cm³/mol. The van der Waals surface area contributed by atoms with E-state index in [2.05, 4.69) is 13.8 Å². The van der Waals surface area contributed by atoms with Crippen LogP contribution in [0.25, 0.3) is 0 Å². The van der Waals surface area contributed by atoms with Gasteiger partial charge in [0.2, 0.25) is 0 Å². The van der Waals surface area contributed by atoms with Crippen molar-refractivity contribution in [2.24, 2.45) is 11.3 Å². The minimum Gasteiger partial charge on any atom is -0.478 e. The van der Waals surface area contributed by atoms with Gasteiger partial charge < -0.3 is 9.94 Å². The van der Waals surface area contributed by atoms with Crippen molar-refractivity contribution in [3.8, 4) is 0 Å². The van der Waals surface area contributed by atoms with Crippen LogP contribution in [0.1, 0.15) is 77.5 Å². The molecule has 0 saturated heterocycles. The highest BCUT2D eigenvalue weighted by Gasteiger charge is 2.35. The van der Waals surface area contributed by atoms with Gasteiger partial charge in [-0.25, -0.2) is 10.7 Å². The van der Waals surface area contributed by atoms with Crippen LogP contribution in [0.2, 0.25) is 0 Å². The second kappa shape index (κ2) is 5.95. The zero-order chi connectivity index (χ0) is 15.9. The Labute approximate surface area is 135 Å². The summed E-state index contributed by atoms with van der Waals surface area (Å²) in [6.07, 6.45) is 7.00. The Morgan fingerprint density at radius 2 is 2.00 bits per heavy atom. The average Bonchev–Trinajstić information content (AvgIpc) is 2.84. The van der Waals surface area contributed by atoms with Gasteiger partial charge in [-0.2, -0.15) is 0 Å². The summed E-state index contributed by atoms with van der Waals surface area (Å²) in [4.78, 5) is 19.3. The minimum absolute atomic E-state index is 0.137. The van der Waals surface area contributed by atoms with Crippen LogP contribution >= 0.6 is 11.3 Å². The largest absolute Gasteiger partial charge is 0.478 e. The molecular formula is C17H25NO3S. The highest BCUT2D eigenvalue weighted by molar-refractivity contribution is 7.12. The van der Waals surface area contributed by atoms with Crippen LogP contribution in [-0.2, 0) is 17.7 Å². The molecule has 0 aromatic carbocycles. The molecule has 2 aliphatic rings. The van der Waals surface area contributed by atoms with Gasteiger partial charge in [0.15, 0.2) is 0 Å². The fourth-order valence-corrected chi connectivity index (χ4v) is 5.41. The standard InChI is InChI=1S/C17H25NO3S/c1-17(2)8-7-13-12(9-17)14(16(19)20)15(22-13)10-3-5-11(21-18)6-4-10/h10-11H,3-9,18H2,1-2H3,(H,19,20). The van der Waals surface area contributed by atoms with E-state index in [4.69, 9.17) is 10.7 Å². The van der Waals surface area contributed by atoms with E-state index in [1.807, 2.05) is 0 Å². The van der Waals surface area contributed by atoms with E-state index in [1.165, 1.54) is 4.88 Å². The van der Waals surface area contributed by atoms with Gasteiger partial charge in [0.1, 0.15) is 0 Å². The molecule has 0 atom stereocenters. The van der Waals surface area contributed by atoms with Crippen LogP contribution in [-0.4, -0.2) is 17.2 Å². The van der Waals surface area contributed by atoms with E-state index < -0.39 is 5.97 Å². The quantitative estimate of drug-likeness (QED) is 0.828. The number of hydrogen-bond acceptors (Lipinski definition) is 4. The molecule has 1 fully saturated rings. The Hall–Kier alpha value is -0.910. The molecule has 3 N–H and O–H groups in total. The summed E-state index contributed by atoms with van der Waals surface area (Å²) in [6, 6.07) is 0. The number of nitrogens with two attached hydrogens (primary N) is 1. The molecule has 0 unspecified atom stereocenters. The van der Waals surface area contributed by atoms with Crippen LogP contribution in [0.4, 0.5) is 0 Å². The summed E-state index contributed by atoms with van der Waals surface area (Å²) in [5.41, 5.74) is 1.94. The summed E-state index contributed by atoms with van der Waals surface area (Å²) in [5, 5.41) is 9.77. The van der Waals surface area contributed by atoms with Crippen molar-refractivity contribution in [2.45, 2.75) is 70.8 Å². The molecule has 1 aromatic heterocycles. The van der Waals surface area contributed by atoms with Gasteiger partial charge in [-0.3, -0.25) is 0 Å². The second-order valence-corrected chi connectivity index (χ2v) is 8.64. The molecule has 0 amide bonds. The molecule has 0 spiro atoms. The van der Waals surface area contributed by atoms with Crippen molar-refractivity contribution in [2.75, 3.05) is 0 Å². The fourth-order valence-electron chi connectivity index (χ4n) is 3.92. The maximum Gasteiger partial charge on any atom is 0.337 e. The maximum absolute atomic E-state index is 11.9. The highest BCUT2D eigenvalue weighted by atomic mass is 32.1. The van der Waals surface area contributed by atoms with Crippen LogP contribution in [0.15, 0.2) is 0 Å². The first kappa shape index (κ1) is 16.0. The van der Waals surface area contributed by atoms with Crippen molar-refractivity contribution in [3.05, 3.63) is 20.9 Å². The molecule has 0 radical (unpaired) electrons. The minimum atomic E-state index is -0.748. The molecule has 122 valence electrons. The zero-order valence-electron chi connectivity index (χ0n) is 13.4. The van der Waals surface area contributed by atoms with Crippen molar-refractivity contribution >= 4 is 17.3 Å². The van der Waals surface area contributed by atoms with Crippen molar-refractivity contribution in [3.63, 3.8) is 0 Å². The summed E-state index contributed by atoms with van der Waals surface area (Å²) >= 11 is 1.75. The number of aryl methyl sites for hydroxylation is 1. The second-order valence-electron chi connectivity index (χ2n) is 7.50. The lowest BCUT2D eigenvalue weighted by molar-refractivity contribution is 0.0242. The van der Waals surface area contributed by atoms with Crippen molar-refractivity contribution < 1.29 is 14.7 Å². The topological polar surface area (TPSA) is 72.5 Å². The maximum atomic E-state index is 11.9. The predicted octanol–water partition coefficient (Wildman–Crippen LogP) is 3.88. The van der Waals surface area contributed by atoms with E-state index in [0.717, 1.165) is 55.4 Å². The van der Waals surface area contributed by atoms with Crippen LogP contribution in [0.5, 0.6) is 0 Å². The van der Waals surface area contributed by atoms with E-state index in [9.17, 15) is 9.90 Å². The van der Waals surface area contributed by atoms with Gasteiger partial charge in [-0.1, -0.05) is 13.8 Å².